The first kappa shape index (κ1) is 9.85. The summed E-state index contributed by atoms with van der Waals surface area (Å²) < 4.78 is 0. The Morgan fingerprint density at radius 3 is 3.06 bits per heavy atom. The Balaban J connectivity index is 2.21. The van der Waals surface area contributed by atoms with Crippen LogP contribution in [0.25, 0.3) is 11.0 Å². The SMILES string of the molecule is Cc1ccc2[nH]c3c(c2n1)C[C@@H](C)N(C)C3. The second kappa shape index (κ2) is 3.32. The zero-order valence-corrected chi connectivity index (χ0v) is 10.0. The van der Waals surface area contributed by atoms with Crippen LogP contribution in [0.5, 0.6) is 0 Å². The van der Waals surface area contributed by atoms with Gasteiger partial charge in [-0.25, -0.2) is 0 Å². The van der Waals surface area contributed by atoms with Gasteiger partial charge in [0, 0.05) is 29.5 Å². The predicted molar refractivity (Wildman–Crippen MR) is 65.5 cm³/mol. The molecule has 16 heavy (non-hydrogen) atoms. The van der Waals surface area contributed by atoms with Gasteiger partial charge in [0.2, 0.25) is 0 Å². The van der Waals surface area contributed by atoms with E-state index in [-0.39, 0.29) is 0 Å². The third-order valence-electron chi connectivity index (χ3n) is 3.63. The summed E-state index contributed by atoms with van der Waals surface area (Å²) in [4.78, 5) is 10.5. The molecule has 1 N–H and O–H groups in total. The van der Waals surface area contributed by atoms with Crippen molar-refractivity contribution in [1.29, 1.82) is 0 Å². The fourth-order valence-electron chi connectivity index (χ4n) is 2.48. The van der Waals surface area contributed by atoms with Crippen LogP contribution in [0.3, 0.4) is 0 Å². The van der Waals surface area contributed by atoms with Gasteiger partial charge in [0.25, 0.3) is 0 Å². The van der Waals surface area contributed by atoms with Crippen LogP contribution in [0, 0.1) is 6.92 Å². The average molecular weight is 215 g/mol. The molecule has 3 heteroatoms. The highest BCUT2D eigenvalue weighted by Crippen LogP contribution is 2.28. The summed E-state index contributed by atoms with van der Waals surface area (Å²) in [5.74, 6) is 0. The number of aromatic nitrogens is 2. The average Bonchev–Trinajstić information content (AvgIpc) is 2.57. The second-order valence-corrected chi connectivity index (χ2v) is 4.90. The second-order valence-electron chi connectivity index (χ2n) is 4.90. The molecule has 2 aromatic heterocycles. The summed E-state index contributed by atoms with van der Waals surface area (Å²) in [6, 6.07) is 4.81. The molecule has 0 fully saturated rings. The maximum absolute atomic E-state index is 4.66. The summed E-state index contributed by atoms with van der Waals surface area (Å²) in [5, 5.41) is 0. The molecule has 0 spiro atoms. The van der Waals surface area contributed by atoms with E-state index >= 15 is 0 Å². The number of H-pyrrole nitrogens is 1. The van der Waals surface area contributed by atoms with E-state index in [0.29, 0.717) is 6.04 Å². The number of nitrogens with zero attached hydrogens (tertiary/aromatic N) is 2. The van der Waals surface area contributed by atoms with Crippen LogP contribution in [-0.2, 0) is 13.0 Å². The molecule has 1 aliphatic rings. The fourth-order valence-corrected chi connectivity index (χ4v) is 2.48. The topological polar surface area (TPSA) is 31.9 Å². The molecule has 84 valence electrons. The predicted octanol–water partition coefficient (Wildman–Crippen LogP) is 2.25. The van der Waals surface area contributed by atoms with Crippen LogP contribution < -0.4 is 0 Å². The zero-order chi connectivity index (χ0) is 11.3. The number of pyridine rings is 1. The van der Waals surface area contributed by atoms with Crippen molar-refractivity contribution in [1.82, 2.24) is 14.9 Å². The summed E-state index contributed by atoms with van der Waals surface area (Å²) in [6.45, 7) is 5.33. The number of hydrogen-bond acceptors (Lipinski definition) is 2. The number of nitrogens with one attached hydrogen (secondary N) is 1. The highest BCUT2D eigenvalue weighted by Gasteiger charge is 2.23. The molecule has 0 amide bonds. The lowest BCUT2D eigenvalue weighted by molar-refractivity contribution is 0.229. The molecule has 2 aromatic rings. The van der Waals surface area contributed by atoms with Crippen LogP contribution in [0.4, 0.5) is 0 Å². The van der Waals surface area contributed by atoms with Crippen molar-refractivity contribution in [3.8, 4) is 0 Å². The van der Waals surface area contributed by atoms with Crippen molar-refractivity contribution in [2.45, 2.75) is 32.9 Å². The molecule has 3 heterocycles. The smallest absolute Gasteiger partial charge is 0.0917 e. The van der Waals surface area contributed by atoms with Crippen molar-refractivity contribution in [2.24, 2.45) is 0 Å². The van der Waals surface area contributed by atoms with Crippen LogP contribution in [0.1, 0.15) is 23.9 Å². The van der Waals surface area contributed by atoms with Crippen molar-refractivity contribution < 1.29 is 0 Å². The molecule has 1 atom stereocenters. The molecule has 1 aliphatic heterocycles. The monoisotopic (exact) mass is 215 g/mol. The minimum Gasteiger partial charge on any atom is -0.356 e. The number of rotatable bonds is 0. The van der Waals surface area contributed by atoms with E-state index in [4.69, 9.17) is 0 Å². The Bertz CT molecular complexity index is 541. The summed E-state index contributed by atoms with van der Waals surface area (Å²) in [5.41, 5.74) is 6.21. The molecule has 0 aliphatic carbocycles. The molecular weight excluding hydrogens is 198 g/mol. The molecule has 0 aromatic carbocycles. The third-order valence-corrected chi connectivity index (χ3v) is 3.63. The van der Waals surface area contributed by atoms with E-state index in [9.17, 15) is 0 Å². The lowest BCUT2D eigenvalue weighted by Gasteiger charge is -2.29. The van der Waals surface area contributed by atoms with Gasteiger partial charge < -0.3 is 4.98 Å². The van der Waals surface area contributed by atoms with Gasteiger partial charge in [-0.15, -0.1) is 0 Å². The van der Waals surface area contributed by atoms with Crippen molar-refractivity contribution in [3.63, 3.8) is 0 Å². The highest BCUT2D eigenvalue weighted by atomic mass is 15.1. The summed E-state index contributed by atoms with van der Waals surface area (Å²) in [6.07, 6.45) is 1.10. The Hall–Kier alpha value is -1.35. The van der Waals surface area contributed by atoms with E-state index < -0.39 is 0 Å². The van der Waals surface area contributed by atoms with E-state index in [1.165, 1.54) is 22.3 Å². The van der Waals surface area contributed by atoms with E-state index in [2.05, 4.69) is 47.9 Å². The summed E-state index contributed by atoms with van der Waals surface area (Å²) >= 11 is 0. The molecule has 3 nitrogen and oxygen atoms in total. The number of fused-ring (bicyclic) bond motifs is 3. The molecule has 0 saturated heterocycles. The third kappa shape index (κ3) is 1.35. The van der Waals surface area contributed by atoms with Gasteiger partial charge in [-0.3, -0.25) is 9.88 Å². The zero-order valence-electron chi connectivity index (χ0n) is 10.0. The number of aromatic amines is 1. The van der Waals surface area contributed by atoms with Crippen molar-refractivity contribution >= 4 is 11.0 Å². The fraction of sp³-hybridized carbons (Fsp3) is 0.462. The van der Waals surface area contributed by atoms with Crippen LogP contribution in [-0.4, -0.2) is 28.0 Å². The van der Waals surface area contributed by atoms with Crippen LogP contribution >= 0.6 is 0 Å². The molecule has 0 saturated carbocycles. The van der Waals surface area contributed by atoms with Crippen LogP contribution in [0.15, 0.2) is 12.1 Å². The van der Waals surface area contributed by atoms with E-state index in [0.717, 1.165) is 18.7 Å². The van der Waals surface area contributed by atoms with Crippen molar-refractivity contribution in [3.05, 3.63) is 29.1 Å². The minimum absolute atomic E-state index is 0.605. The molecular formula is C13H17N3. The Labute approximate surface area is 95.5 Å². The standard InChI is InChI=1S/C13H17N3/c1-8-4-5-11-13(14-8)10-6-9(2)16(3)7-12(10)15-11/h4-5,9,15H,6-7H2,1-3H3/t9-/m1/s1. The number of aryl methyl sites for hydroxylation is 1. The minimum atomic E-state index is 0.605. The maximum atomic E-state index is 4.66. The lowest BCUT2D eigenvalue weighted by Crippen LogP contribution is -2.34. The summed E-state index contributed by atoms with van der Waals surface area (Å²) in [7, 11) is 2.18. The Kier molecular flexibility index (Phi) is 2.04. The van der Waals surface area contributed by atoms with E-state index in [1.54, 1.807) is 0 Å². The lowest BCUT2D eigenvalue weighted by atomic mass is 10.0. The quantitative estimate of drug-likeness (QED) is 0.731. The van der Waals surface area contributed by atoms with Crippen molar-refractivity contribution in [2.75, 3.05) is 7.05 Å². The maximum Gasteiger partial charge on any atom is 0.0917 e. The van der Waals surface area contributed by atoms with Gasteiger partial charge in [-0.05, 0) is 39.4 Å². The first-order chi connectivity index (χ1) is 7.65. The van der Waals surface area contributed by atoms with Gasteiger partial charge in [0.05, 0.1) is 11.0 Å². The van der Waals surface area contributed by atoms with Gasteiger partial charge in [-0.2, -0.15) is 0 Å². The number of likely N-dealkylation sites (N-methyl/N-ethyl adjacent to an activating group) is 1. The Morgan fingerprint density at radius 2 is 2.25 bits per heavy atom. The largest absolute Gasteiger partial charge is 0.356 e. The van der Waals surface area contributed by atoms with Gasteiger partial charge >= 0.3 is 0 Å². The van der Waals surface area contributed by atoms with Gasteiger partial charge in [0.15, 0.2) is 0 Å². The molecule has 0 unspecified atom stereocenters. The molecule has 0 radical (unpaired) electrons. The highest BCUT2D eigenvalue weighted by molar-refractivity contribution is 5.81. The Morgan fingerprint density at radius 1 is 1.44 bits per heavy atom. The van der Waals surface area contributed by atoms with Gasteiger partial charge in [0.1, 0.15) is 0 Å². The normalized spacial score (nSPS) is 21.3. The molecule has 0 bridgehead atoms. The first-order valence-electron chi connectivity index (χ1n) is 5.82. The van der Waals surface area contributed by atoms with Gasteiger partial charge in [-0.1, -0.05) is 0 Å². The molecule has 3 rings (SSSR count). The number of hydrogen-bond donors (Lipinski definition) is 1. The van der Waals surface area contributed by atoms with E-state index in [1.807, 2.05) is 0 Å². The van der Waals surface area contributed by atoms with Crippen LogP contribution in [0.2, 0.25) is 0 Å². The first-order valence-corrected chi connectivity index (χ1v) is 5.82.